The second-order valence-electron chi connectivity index (χ2n) is 17.5. The molecule has 1 saturated heterocycles. The maximum Gasteiger partial charge on any atom is 0.290 e. The molecular weight excluding hydrogens is 851 g/mol. The van der Waals surface area contributed by atoms with E-state index in [0.29, 0.717) is 37.1 Å². The molecule has 0 spiro atoms. The summed E-state index contributed by atoms with van der Waals surface area (Å²) in [5, 5.41) is 11.1. The number of hydrogen-bond donors (Lipinski definition) is 4. The van der Waals surface area contributed by atoms with Gasteiger partial charge in [-0.2, -0.15) is 4.31 Å². The van der Waals surface area contributed by atoms with Gasteiger partial charge in [-0.15, -0.1) is 0 Å². The van der Waals surface area contributed by atoms with Crippen LogP contribution in [0.25, 0.3) is 0 Å². The van der Waals surface area contributed by atoms with Crippen LogP contribution in [0.15, 0.2) is 89.8 Å². The van der Waals surface area contributed by atoms with E-state index in [0.717, 1.165) is 24.8 Å². The number of hydrogen-bond acceptors (Lipinski definition) is 10. The molecule has 4 bridgehead atoms. The van der Waals surface area contributed by atoms with Gasteiger partial charge in [0.2, 0.25) is 39.4 Å². The predicted octanol–water partition coefficient (Wildman–Crippen LogP) is 3.13. The van der Waals surface area contributed by atoms with Crippen molar-refractivity contribution in [2.24, 2.45) is 5.92 Å². The summed E-state index contributed by atoms with van der Waals surface area (Å²) in [6.07, 6.45) is 4.64. The van der Waals surface area contributed by atoms with Crippen LogP contribution in [0.1, 0.15) is 81.9 Å². The Kier molecular flexibility index (Phi) is 17.3. The van der Waals surface area contributed by atoms with E-state index in [2.05, 4.69) is 21.3 Å². The molecule has 0 radical (unpaired) electrons. The van der Waals surface area contributed by atoms with E-state index in [1.165, 1.54) is 21.3 Å². The molecule has 3 aliphatic rings. The molecule has 3 aromatic carbocycles. The van der Waals surface area contributed by atoms with Crippen molar-refractivity contribution in [3.8, 4) is 5.75 Å². The first kappa shape index (κ1) is 48.8. The van der Waals surface area contributed by atoms with Gasteiger partial charge in [0.25, 0.3) is 5.91 Å². The molecule has 350 valence electrons. The average Bonchev–Trinajstić information content (AvgIpc) is 3.75. The zero-order valence-electron chi connectivity index (χ0n) is 37.6. The van der Waals surface area contributed by atoms with E-state index < -0.39 is 70.1 Å². The number of ether oxygens (including phenoxy) is 1. The fourth-order valence-electron chi connectivity index (χ4n) is 9.10. The van der Waals surface area contributed by atoms with Gasteiger partial charge < -0.3 is 35.8 Å². The summed E-state index contributed by atoms with van der Waals surface area (Å²) in [5.41, 5.74) is 1.54. The zero-order chi connectivity index (χ0) is 46.5. The molecule has 2 aliphatic heterocycles. The van der Waals surface area contributed by atoms with Gasteiger partial charge in [-0.05, 0) is 87.5 Å². The van der Waals surface area contributed by atoms with Crippen molar-refractivity contribution < 1.29 is 41.9 Å². The summed E-state index contributed by atoms with van der Waals surface area (Å²) in [6, 6.07) is 19.5. The molecule has 3 aromatic rings. The number of ketones is 1. The Labute approximate surface area is 382 Å². The zero-order valence-corrected chi connectivity index (χ0v) is 38.4. The van der Waals surface area contributed by atoms with Crippen LogP contribution in [0, 0.1) is 5.92 Å². The van der Waals surface area contributed by atoms with Crippen molar-refractivity contribution in [3.63, 3.8) is 0 Å². The van der Waals surface area contributed by atoms with E-state index >= 15 is 4.79 Å². The van der Waals surface area contributed by atoms with E-state index in [9.17, 15) is 32.4 Å². The fourth-order valence-corrected chi connectivity index (χ4v) is 10.8. The Hall–Kier alpha value is -5.65. The van der Waals surface area contributed by atoms with Crippen LogP contribution >= 0.6 is 0 Å². The number of nitrogens with zero attached hydrogens (tertiary/aromatic N) is 3. The Morgan fingerprint density at radius 2 is 1.60 bits per heavy atom. The first-order valence-corrected chi connectivity index (χ1v) is 24.2. The molecule has 5 amide bonds. The van der Waals surface area contributed by atoms with Crippen LogP contribution in [-0.2, 0) is 45.2 Å². The Bertz CT molecular complexity index is 2240. The maximum absolute atomic E-state index is 15.1. The molecule has 1 aliphatic carbocycles. The molecule has 0 aromatic heterocycles. The van der Waals surface area contributed by atoms with Crippen LogP contribution in [0.3, 0.4) is 0 Å². The minimum Gasteiger partial charge on any atom is -0.494 e. The second-order valence-corrected chi connectivity index (χ2v) is 19.4. The number of sulfonamides is 1. The number of nitrogens with one attached hydrogen (secondary N) is 4. The van der Waals surface area contributed by atoms with Crippen LogP contribution in [0.2, 0.25) is 0 Å². The van der Waals surface area contributed by atoms with Gasteiger partial charge in [-0.1, -0.05) is 93.3 Å². The normalized spacial score (nSPS) is 21.1. The van der Waals surface area contributed by atoms with Crippen molar-refractivity contribution >= 4 is 45.3 Å². The molecule has 1 saturated carbocycles. The molecule has 2 heterocycles. The largest absolute Gasteiger partial charge is 0.494 e. The van der Waals surface area contributed by atoms with Crippen molar-refractivity contribution in [3.05, 3.63) is 96.1 Å². The maximum atomic E-state index is 15.1. The van der Waals surface area contributed by atoms with Crippen LogP contribution in [0.4, 0.5) is 0 Å². The number of carbonyl (C=O) groups excluding carboxylic acids is 6. The lowest BCUT2D eigenvalue weighted by Crippen LogP contribution is -2.58. The lowest BCUT2D eigenvalue weighted by atomic mass is 9.83. The highest BCUT2D eigenvalue weighted by atomic mass is 32.2. The first-order valence-electron chi connectivity index (χ1n) is 22.7. The number of benzene rings is 3. The monoisotopic (exact) mass is 913 g/mol. The summed E-state index contributed by atoms with van der Waals surface area (Å²) >= 11 is 0. The predicted molar refractivity (Wildman–Crippen MR) is 244 cm³/mol. The molecule has 6 rings (SSSR count). The summed E-state index contributed by atoms with van der Waals surface area (Å²) < 4.78 is 36.3. The number of carbonyl (C=O) groups is 6. The van der Waals surface area contributed by atoms with Gasteiger partial charge in [-0.25, -0.2) is 8.42 Å². The van der Waals surface area contributed by atoms with Crippen molar-refractivity contribution in [1.82, 2.24) is 35.4 Å². The standard InChI is InChI=1S/C48H63N7O9S/c1-4-16-39(45(58)47(60)49-30-43(57)50-40(32-53(2)3)34-18-8-5-9-19-34)51-46(59)41-29-36-31-54(41)48(61)44(35-20-10-6-11-21-35)52-42(56)28-33-17-14-22-37(27-33)64-26-15-25-55(36)65(62,63)38-23-12-7-13-24-38/h5,7-9,12-14,17-19,22-24,27,35-36,39-41,44H,4,6,10-11,15-16,20-21,25-26,28-32H2,1-3H3,(H,49,60)(H,50,57)(H,51,59)(H,52,56)/t36-,39?,40-,41+,44+/m1/s1. The lowest BCUT2D eigenvalue weighted by Gasteiger charge is -2.35. The Morgan fingerprint density at radius 3 is 2.29 bits per heavy atom. The van der Waals surface area contributed by atoms with Crippen LogP contribution < -0.4 is 26.0 Å². The highest BCUT2D eigenvalue weighted by molar-refractivity contribution is 7.89. The van der Waals surface area contributed by atoms with E-state index in [-0.39, 0.29) is 68.1 Å². The average molecular weight is 914 g/mol. The SMILES string of the molecule is CCCC(NC(=O)[C@@H]1C[C@@H]2CN1C(=O)[C@H](C1CCCCC1)NC(=O)Cc1cccc(c1)OCCCN2S(=O)(=O)c1ccccc1)C(=O)C(=O)NCC(=O)N[C@H](CN(C)C)c1ccccc1. The molecule has 1 unspecified atom stereocenters. The number of Topliss-reactive ketones (excluding diaryl/α,β-unsaturated/α-hetero) is 1. The molecule has 17 heteroatoms. The van der Waals surface area contributed by atoms with E-state index in [1.54, 1.807) is 49.4 Å². The highest BCUT2D eigenvalue weighted by Gasteiger charge is 2.48. The van der Waals surface area contributed by atoms with Gasteiger partial charge in [0, 0.05) is 25.7 Å². The summed E-state index contributed by atoms with van der Waals surface area (Å²) in [4.78, 5) is 87.0. The van der Waals surface area contributed by atoms with Gasteiger partial charge in [0.1, 0.15) is 17.8 Å². The van der Waals surface area contributed by atoms with Crippen LogP contribution in [-0.4, -0.2) is 129 Å². The number of likely N-dealkylation sites (N-methyl/N-ethyl adjacent to an activating group) is 1. The summed E-state index contributed by atoms with van der Waals surface area (Å²) in [7, 11) is -0.435. The van der Waals surface area contributed by atoms with Gasteiger partial charge in [-0.3, -0.25) is 28.8 Å². The van der Waals surface area contributed by atoms with E-state index in [4.69, 9.17) is 4.74 Å². The third-order valence-corrected chi connectivity index (χ3v) is 14.3. The molecule has 2 fully saturated rings. The third kappa shape index (κ3) is 13.0. The molecule has 16 nitrogen and oxygen atoms in total. The quantitative estimate of drug-likeness (QED) is 0.164. The molecule has 65 heavy (non-hydrogen) atoms. The van der Waals surface area contributed by atoms with Gasteiger partial charge >= 0.3 is 0 Å². The number of rotatable bonds is 15. The Morgan fingerprint density at radius 1 is 0.892 bits per heavy atom. The molecular formula is C48H63N7O9S. The fraction of sp³-hybridized carbons (Fsp3) is 0.500. The summed E-state index contributed by atoms with van der Waals surface area (Å²) in [5.74, 6) is -3.90. The number of fused-ring (bicyclic) bond motifs is 4. The first-order chi connectivity index (χ1) is 31.2. The third-order valence-electron chi connectivity index (χ3n) is 12.3. The molecule has 4 N–H and O–H groups in total. The van der Waals surface area contributed by atoms with Gasteiger partial charge in [0.15, 0.2) is 0 Å². The minimum atomic E-state index is -4.18. The topological polar surface area (TPSA) is 204 Å². The van der Waals surface area contributed by atoms with Crippen molar-refractivity contribution in [2.75, 3.05) is 46.9 Å². The van der Waals surface area contributed by atoms with Crippen molar-refractivity contribution in [2.45, 2.75) is 106 Å². The van der Waals surface area contributed by atoms with Crippen LogP contribution in [0.5, 0.6) is 5.75 Å². The second kappa shape index (κ2) is 23.0. The van der Waals surface area contributed by atoms with E-state index in [1.807, 2.05) is 49.3 Å². The van der Waals surface area contributed by atoms with Gasteiger partial charge in [0.05, 0.1) is 36.6 Å². The smallest absolute Gasteiger partial charge is 0.290 e. The minimum absolute atomic E-state index is 0.00663. The molecule has 5 atom stereocenters. The number of amides is 5. The Balaban J connectivity index is 1.26. The highest BCUT2D eigenvalue weighted by Crippen LogP contribution is 2.33. The lowest BCUT2D eigenvalue weighted by molar-refractivity contribution is -0.144. The summed E-state index contributed by atoms with van der Waals surface area (Å²) in [6.45, 7) is 1.77. The van der Waals surface area contributed by atoms with Crippen molar-refractivity contribution in [1.29, 1.82) is 0 Å².